The Bertz CT molecular complexity index is 481. The van der Waals surface area contributed by atoms with Crippen LogP contribution in [0, 0.1) is 0 Å². The molecule has 2 nitrogen and oxygen atoms in total. The molecule has 1 heterocycles. The Morgan fingerprint density at radius 3 is 2.56 bits per heavy atom. The van der Waals surface area contributed by atoms with Gasteiger partial charge in [-0.1, -0.05) is 48.5 Å². The molecule has 2 aromatic rings. The summed E-state index contributed by atoms with van der Waals surface area (Å²) in [6.45, 7) is 0.669. The molecule has 0 saturated heterocycles. The molecule has 2 heteroatoms. The predicted octanol–water partition coefficient (Wildman–Crippen LogP) is 3.33. The van der Waals surface area contributed by atoms with Crippen LogP contribution in [0.15, 0.2) is 54.6 Å². The van der Waals surface area contributed by atoms with Crippen LogP contribution >= 0.6 is 0 Å². The number of rotatable bonds is 1. The van der Waals surface area contributed by atoms with Gasteiger partial charge in [0, 0.05) is 16.8 Å². The van der Waals surface area contributed by atoms with Crippen molar-refractivity contribution in [2.75, 3.05) is 5.32 Å². The van der Waals surface area contributed by atoms with Crippen molar-refractivity contribution < 1.29 is 4.74 Å². The van der Waals surface area contributed by atoms with E-state index >= 15 is 0 Å². The van der Waals surface area contributed by atoms with Gasteiger partial charge < -0.3 is 10.1 Å². The van der Waals surface area contributed by atoms with Gasteiger partial charge in [0.2, 0.25) is 0 Å². The molecule has 0 unspecified atom stereocenters. The molecule has 1 aliphatic rings. The van der Waals surface area contributed by atoms with Crippen LogP contribution in [0.3, 0.4) is 0 Å². The zero-order valence-electron chi connectivity index (χ0n) is 8.89. The number of para-hydroxylation sites is 1. The summed E-state index contributed by atoms with van der Waals surface area (Å²) in [5.74, 6) is 0. The van der Waals surface area contributed by atoms with E-state index in [-0.39, 0.29) is 6.23 Å². The van der Waals surface area contributed by atoms with Gasteiger partial charge in [0.25, 0.3) is 0 Å². The summed E-state index contributed by atoms with van der Waals surface area (Å²) in [5.41, 5.74) is 3.55. The summed E-state index contributed by atoms with van der Waals surface area (Å²) in [4.78, 5) is 0. The molecule has 2 aromatic carbocycles. The van der Waals surface area contributed by atoms with E-state index in [9.17, 15) is 0 Å². The fourth-order valence-corrected chi connectivity index (χ4v) is 1.95. The summed E-state index contributed by atoms with van der Waals surface area (Å²) in [5, 5.41) is 3.39. The van der Waals surface area contributed by atoms with Gasteiger partial charge in [-0.05, 0) is 6.07 Å². The lowest BCUT2D eigenvalue weighted by Crippen LogP contribution is -2.20. The van der Waals surface area contributed by atoms with Gasteiger partial charge in [0.15, 0.2) is 6.23 Å². The third-order valence-corrected chi connectivity index (χ3v) is 2.81. The lowest BCUT2D eigenvalue weighted by atomic mass is 10.1. The minimum Gasteiger partial charge on any atom is -0.356 e. The molecule has 0 fully saturated rings. The van der Waals surface area contributed by atoms with Crippen molar-refractivity contribution in [2.24, 2.45) is 0 Å². The Balaban J connectivity index is 1.89. The van der Waals surface area contributed by atoms with Crippen molar-refractivity contribution in [3.8, 4) is 0 Å². The zero-order chi connectivity index (χ0) is 10.8. The van der Waals surface area contributed by atoms with E-state index in [4.69, 9.17) is 4.74 Å². The molecule has 16 heavy (non-hydrogen) atoms. The highest BCUT2D eigenvalue weighted by molar-refractivity contribution is 5.53. The SMILES string of the molecule is c1ccc([C@H]2Nc3ccccc3CO2)cc1. The maximum Gasteiger partial charge on any atom is 0.154 e. The monoisotopic (exact) mass is 211 g/mol. The van der Waals surface area contributed by atoms with Gasteiger partial charge >= 0.3 is 0 Å². The second kappa shape index (κ2) is 3.99. The van der Waals surface area contributed by atoms with Crippen molar-refractivity contribution in [2.45, 2.75) is 12.8 Å². The summed E-state index contributed by atoms with van der Waals surface area (Å²) in [7, 11) is 0. The first-order valence-corrected chi connectivity index (χ1v) is 5.44. The van der Waals surface area contributed by atoms with Gasteiger partial charge in [-0.25, -0.2) is 0 Å². The number of hydrogen-bond acceptors (Lipinski definition) is 2. The second-order valence-electron chi connectivity index (χ2n) is 3.90. The van der Waals surface area contributed by atoms with Crippen LogP contribution in [-0.4, -0.2) is 0 Å². The highest BCUT2D eigenvalue weighted by Gasteiger charge is 2.18. The van der Waals surface area contributed by atoms with Crippen LogP contribution in [-0.2, 0) is 11.3 Å². The van der Waals surface area contributed by atoms with Crippen molar-refractivity contribution >= 4 is 5.69 Å². The molecular weight excluding hydrogens is 198 g/mol. The predicted molar refractivity (Wildman–Crippen MR) is 64.0 cm³/mol. The van der Waals surface area contributed by atoms with Gasteiger partial charge in [-0.2, -0.15) is 0 Å². The molecule has 0 spiro atoms. The Labute approximate surface area is 94.9 Å². The number of fused-ring (bicyclic) bond motifs is 1. The van der Waals surface area contributed by atoms with E-state index in [1.54, 1.807) is 0 Å². The van der Waals surface area contributed by atoms with E-state index in [1.165, 1.54) is 11.3 Å². The van der Waals surface area contributed by atoms with E-state index in [0.717, 1.165) is 5.56 Å². The molecule has 0 aliphatic carbocycles. The summed E-state index contributed by atoms with van der Waals surface area (Å²) in [6, 6.07) is 18.5. The second-order valence-corrected chi connectivity index (χ2v) is 3.90. The molecule has 1 aliphatic heterocycles. The Morgan fingerprint density at radius 1 is 0.938 bits per heavy atom. The number of hydrogen-bond donors (Lipinski definition) is 1. The minimum absolute atomic E-state index is 0.0314. The van der Waals surface area contributed by atoms with E-state index < -0.39 is 0 Å². The van der Waals surface area contributed by atoms with E-state index in [0.29, 0.717) is 6.61 Å². The molecule has 80 valence electrons. The van der Waals surface area contributed by atoms with E-state index in [1.807, 2.05) is 30.3 Å². The fourth-order valence-electron chi connectivity index (χ4n) is 1.95. The first-order chi connectivity index (χ1) is 7.93. The highest BCUT2D eigenvalue weighted by Crippen LogP contribution is 2.29. The standard InChI is InChI=1S/C14H13NO/c1-2-6-11(7-3-1)14-15-13-9-5-4-8-12(13)10-16-14/h1-9,14-15H,10H2/t14-/m0/s1. The molecular formula is C14H13NO. The first-order valence-electron chi connectivity index (χ1n) is 5.44. The first kappa shape index (κ1) is 9.43. The third kappa shape index (κ3) is 1.68. The number of nitrogens with one attached hydrogen (secondary N) is 1. The lowest BCUT2D eigenvalue weighted by molar-refractivity contribution is 0.0507. The van der Waals surface area contributed by atoms with Crippen LogP contribution in [0.25, 0.3) is 0 Å². The van der Waals surface area contributed by atoms with Gasteiger partial charge in [0.1, 0.15) is 0 Å². The number of ether oxygens (including phenoxy) is 1. The smallest absolute Gasteiger partial charge is 0.154 e. The van der Waals surface area contributed by atoms with Crippen LogP contribution in [0.1, 0.15) is 17.4 Å². The maximum atomic E-state index is 5.78. The number of anilines is 1. The lowest BCUT2D eigenvalue weighted by Gasteiger charge is -2.27. The molecule has 0 aromatic heterocycles. The topological polar surface area (TPSA) is 21.3 Å². The Hall–Kier alpha value is -1.80. The Kier molecular flexibility index (Phi) is 2.35. The van der Waals surface area contributed by atoms with Gasteiger partial charge in [-0.3, -0.25) is 0 Å². The molecule has 1 atom stereocenters. The average Bonchev–Trinajstić information content (AvgIpc) is 2.39. The molecule has 1 N–H and O–H groups in total. The maximum absolute atomic E-state index is 5.78. The van der Waals surface area contributed by atoms with Crippen molar-refractivity contribution in [3.63, 3.8) is 0 Å². The van der Waals surface area contributed by atoms with Crippen LogP contribution < -0.4 is 5.32 Å². The van der Waals surface area contributed by atoms with Crippen LogP contribution in [0.2, 0.25) is 0 Å². The minimum atomic E-state index is -0.0314. The van der Waals surface area contributed by atoms with Crippen molar-refractivity contribution in [1.29, 1.82) is 0 Å². The summed E-state index contributed by atoms with van der Waals surface area (Å²) < 4.78 is 5.78. The van der Waals surface area contributed by atoms with Crippen molar-refractivity contribution in [1.82, 2.24) is 0 Å². The van der Waals surface area contributed by atoms with E-state index in [2.05, 4.69) is 29.6 Å². The molecule has 0 radical (unpaired) electrons. The third-order valence-electron chi connectivity index (χ3n) is 2.81. The molecule has 3 rings (SSSR count). The largest absolute Gasteiger partial charge is 0.356 e. The molecule has 0 saturated carbocycles. The average molecular weight is 211 g/mol. The fraction of sp³-hybridized carbons (Fsp3) is 0.143. The normalized spacial score (nSPS) is 18.6. The van der Waals surface area contributed by atoms with Crippen molar-refractivity contribution in [3.05, 3.63) is 65.7 Å². The quantitative estimate of drug-likeness (QED) is 0.781. The van der Waals surface area contributed by atoms with Gasteiger partial charge in [-0.15, -0.1) is 0 Å². The molecule has 0 bridgehead atoms. The van der Waals surface area contributed by atoms with Crippen LogP contribution in [0.5, 0.6) is 0 Å². The Morgan fingerprint density at radius 2 is 1.69 bits per heavy atom. The highest BCUT2D eigenvalue weighted by atomic mass is 16.5. The van der Waals surface area contributed by atoms with Crippen LogP contribution in [0.4, 0.5) is 5.69 Å². The summed E-state index contributed by atoms with van der Waals surface area (Å²) in [6.07, 6.45) is -0.0314. The summed E-state index contributed by atoms with van der Waals surface area (Å²) >= 11 is 0. The van der Waals surface area contributed by atoms with Gasteiger partial charge in [0.05, 0.1) is 6.61 Å². The molecule has 0 amide bonds. The number of benzene rings is 2. The zero-order valence-corrected chi connectivity index (χ0v) is 8.89.